The van der Waals surface area contributed by atoms with Gasteiger partial charge in [-0.1, -0.05) is 6.07 Å². The lowest BCUT2D eigenvalue weighted by atomic mass is 10.1. The van der Waals surface area contributed by atoms with Gasteiger partial charge < -0.3 is 9.94 Å². The second kappa shape index (κ2) is 7.41. The molecule has 0 bridgehead atoms. The van der Waals surface area contributed by atoms with Gasteiger partial charge >= 0.3 is 17.4 Å². The summed E-state index contributed by atoms with van der Waals surface area (Å²) in [5.41, 5.74) is 1.12. The molecule has 0 aliphatic rings. The lowest BCUT2D eigenvalue weighted by Gasteiger charge is -2.06. The molecule has 0 unspecified atom stereocenters. The average Bonchev–Trinajstić information content (AvgIpc) is 2.51. The van der Waals surface area contributed by atoms with Crippen molar-refractivity contribution in [2.45, 2.75) is 32.8 Å². The first-order valence-corrected chi connectivity index (χ1v) is 7.45. The normalized spacial score (nSPS) is 10.6. The predicted octanol–water partition coefficient (Wildman–Crippen LogP) is 0.427. The van der Waals surface area contributed by atoms with Crippen LogP contribution >= 0.6 is 0 Å². The molecule has 1 heterocycles. The topological polar surface area (TPSA) is 125 Å². The maximum atomic E-state index is 12.1. The number of hydrogen-bond acceptors (Lipinski definition) is 6. The fourth-order valence-corrected chi connectivity index (χ4v) is 2.16. The van der Waals surface area contributed by atoms with Gasteiger partial charge in [0.1, 0.15) is 0 Å². The number of esters is 1. The Kier molecular flexibility index (Phi) is 5.31. The van der Waals surface area contributed by atoms with E-state index in [1.807, 2.05) is 6.07 Å². The first kappa shape index (κ1) is 17.2. The largest absolute Gasteiger partial charge is 0.463 e. The Balaban J connectivity index is 2.19. The molecule has 0 saturated carbocycles. The zero-order valence-corrected chi connectivity index (χ0v) is 13.4. The molecule has 126 valence electrons. The van der Waals surface area contributed by atoms with E-state index in [1.165, 1.54) is 6.07 Å². The standard InChI is InChI=1S/C15H18N5O4/c1-10(2)24-14(21)6-8-17-15-18-20(23)13-9-11(5-7-16)3-4-12(13)19(15)22/h3-4,9-10,22H,5-6,8H2,1-2H3,(H,17,18,23)/q+1/p+1. The zero-order valence-electron chi connectivity index (χ0n) is 13.4. The molecule has 1 aromatic heterocycles. The summed E-state index contributed by atoms with van der Waals surface area (Å²) >= 11 is 0. The number of H-pyrrole nitrogens is 1. The van der Waals surface area contributed by atoms with Gasteiger partial charge in [0.2, 0.25) is 10.1 Å². The van der Waals surface area contributed by atoms with Crippen LogP contribution in [-0.2, 0) is 16.0 Å². The summed E-state index contributed by atoms with van der Waals surface area (Å²) in [6.45, 7) is 3.69. The van der Waals surface area contributed by atoms with Crippen molar-refractivity contribution in [3.8, 4) is 6.07 Å². The number of hydrogen-bond donors (Lipinski definition) is 3. The van der Waals surface area contributed by atoms with E-state index in [0.717, 1.165) is 4.73 Å². The molecule has 2 aromatic rings. The lowest BCUT2D eigenvalue weighted by molar-refractivity contribution is -0.881. The molecular weight excluding hydrogens is 314 g/mol. The van der Waals surface area contributed by atoms with Crippen molar-refractivity contribution in [2.75, 3.05) is 11.9 Å². The van der Waals surface area contributed by atoms with Crippen LogP contribution in [0.15, 0.2) is 18.2 Å². The minimum Gasteiger partial charge on any atom is -0.463 e. The third-order valence-corrected chi connectivity index (χ3v) is 3.18. The summed E-state index contributed by atoms with van der Waals surface area (Å²) in [4.78, 5) is 23.5. The quantitative estimate of drug-likeness (QED) is 0.400. The summed E-state index contributed by atoms with van der Waals surface area (Å²) in [5, 5.41) is 24.1. The Morgan fingerprint density at radius 3 is 2.88 bits per heavy atom. The van der Waals surface area contributed by atoms with E-state index in [-0.39, 0.29) is 48.4 Å². The van der Waals surface area contributed by atoms with E-state index in [9.17, 15) is 14.9 Å². The zero-order chi connectivity index (χ0) is 17.7. The first-order valence-electron chi connectivity index (χ1n) is 7.45. The monoisotopic (exact) mass is 333 g/mol. The number of nitrogens with one attached hydrogen (secondary N) is 2. The Morgan fingerprint density at radius 2 is 2.21 bits per heavy atom. The molecule has 0 saturated heterocycles. The van der Waals surface area contributed by atoms with Crippen LogP contribution in [0.25, 0.3) is 11.0 Å². The van der Waals surface area contributed by atoms with E-state index >= 15 is 0 Å². The van der Waals surface area contributed by atoms with Crippen LogP contribution in [-0.4, -0.2) is 28.9 Å². The van der Waals surface area contributed by atoms with Crippen molar-refractivity contribution < 1.29 is 24.0 Å². The summed E-state index contributed by atoms with van der Waals surface area (Å²) in [6, 6.07) is 6.72. The van der Waals surface area contributed by atoms with Crippen LogP contribution in [0.5, 0.6) is 0 Å². The number of nitrogens with zero attached hydrogens (tertiary/aromatic N) is 3. The van der Waals surface area contributed by atoms with E-state index in [2.05, 4.69) is 10.4 Å². The van der Waals surface area contributed by atoms with Crippen molar-refractivity contribution in [3.05, 3.63) is 28.7 Å². The predicted molar refractivity (Wildman–Crippen MR) is 82.7 cm³/mol. The number of anilines is 1. The number of aromatic nitrogens is 3. The maximum Gasteiger partial charge on any atom is 0.449 e. The molecule has 9 heteroatoms. The lowest BCUT2D eigenvalue weighted by Crippen LogP contribution is -2.42. The summed E-state index contributed by atoms with van der Waals surface area (Å²) < 4.78 is 6.27. The number of carbonyl (C=O) groups is 1. The minimum absolute atomic E-state index is 0.0304. The van der Waals surface area contributed by atoms with Gasteiger partial charge in [-0.3, -0.25) is 10.1 Å². The molecule has 0 radical (unpaired) electrons. The van der Waals surface area contributed by atoms with E-state index in [0.29, 0.717) is 10.1 Å². The van der Waals surface area contributed by atoms with Crippen molar-refractivity contribution in [1.82, 2.24) is 5.10 Å². The van der Waals surface area contributed by atoms with Crippen molar-refractivity contribution in [2.24, 2.45) is 0 Å². The molecule has 1 aromatic carbocycles. The fraction of sp³-hybridized carbons (Fsp3) is 0.400. The third-order valence-electron chi connectivity index (χ3n) is 3.18. The molecule has 0 atom stereocenters. The van der Waals surface area contributed by atoms with Gasteiger partial charge in [-0.15, -0.1) is 0 Å². The highest BCUT2D eigenvalue weighted by Crippen LogP contribution is 2.09. The molecule has 0 aliphatic heterocycles. The number of ether oxygens (including phenoxy) is 1. The molecule has 24 heavy (non-hydrogen) atoms. The minimum atomic E-state index is -0.376. The first-order chi connectivity index (χ1) is 11.4. The van der Waals surface area contributed by atoms with Gasteiger partial charge in [0.25, 0.3) is 0 Å². The molecule has 0 amide bonds. The second-order valence-corrected chi connectivity index (χ2v) is 5.44. The van der Waals surface area contributed by atoms with Crippen LogP contribution in [0.4, 0.5) is 5.95 Å². The van der Waals surface area contributed by atoms with Gasteiger partial charge in [-0.05, 0) is 30.2 Å². The van der Waals surface area contributed by atoms with Crippen LogP contribution in [0.1, 0.15) is 25.8 Å². The molecule has 0 fully saturated rings. The fourth-order valence-electron chi connectivity index (χ4n) is 2.16. The van der Waals surface area contributed by atoms with Gasteiger partial charge in [0.05, 0.1) is 36.5 Å². The highest BCUT2D eigenvalue weighted by molar-refractivity contribution is 5.70. The van der Waals surface area contributed by atoms with E-state index in [1.54, 1.807) is 26.0 Å². The van der Waals surface area contributed by atoms with Crippen LogP contribution < -0.4 is 14.6 Å². The smallest absolute Gasteiger partial charge is 0.449 e. The third kappa shape index (κ3) is 3.98. The molecular formula is C15H19N5O4+2. The van der Waals surface area contributed by atoms with Crippen LogP contribution in [0.2, 0.25) is 0 Å². The van der Waals surface area contributed by atoms with Gasteiger partial charge in [0.15, 0.2) is 0 Å². The summed E-state index contributed by atoms with van der Waals surface area (Å²) in [7, 11) is 0. The van der Waals surface area contributed by atoms with Crippen molar-refractivity contribution in [3.63, 3.8) is 0 Å². The Morgan fingerprint density at radius 1 is 1.46 bits per heavy atom. The van der Waals surface area contributed by atoms with Crippen molar-refractivity contribution >= 4 is 23.0 Å². The van der Waals surface area contributed by atoms with Crippen LogP contribution in [0, 0.1) is 16.2 Å². The molecule has 2 rings (SSSR count). The summed E-state index contributed by atoms with van der Waals surface area (Å²) in [5.74, 6) is -0.346. The number of carbonyl (C=O) groups excluding carboxylic acids is 1. The number of benzene rings is 1. The highest BCUT2D eigenvalue weighted by atomic mass is 16.5. The van der Waals surface area contributed by atoms with Gasteiger partial charge in [-0.25, -0.2) is 0 Å². The molecule has 0 spiro atoms. The maximum absolute atomic E-state index is 12.1. The number of aromatic amines is 1. The van der Waals surface area contributed by atoms with Gasteiger partial charge in [0, 0.05) is 11.2 Å². The Labute approximate surface area is 137 Å². The Hall–Kier alpha value is -3.15. The van der Waals surface area contributed by atoms with Gasteiger partial charge in [-0.2, -0.15) is 5.26 Å². The van der Waals surface area contributed by atoms with E-state index < -0.39 is 0 Å². The van der Waals surface area contributed by atoms with E-state index in [4.69, 9.17) is 10.00 Å². The number of nitriles is 1. The SMILES string of the molecule is CC(C)OC(=O)CCNc1[nH][n+](=O)c2cc(CC#N)ccc2[n+]1O. The molecule has 9 nitrogen and oxygen atoms in total. The summed E-state index contributed by atoms with van der Waals surface area (Å²) in [6.07, 6.45) is 0.0579. The van der Waals surface area contributed by atoms with Crippen LogP contribution in [0.3, 0.4) is 0 Å². The molecule has 3 N–H and O–H groups in total. The highest BCUT2D eigenvalue weighted by Gasteiger charge is 2.23. The average molecular weight is 333 g/mol. The number of rotatable bonds is 6. The second-order valence-electron chi connectivity index (χ2n) is 5.44. The Bertz CT molecular complexity index is 853. The van der Waals surface area contributed by atoms with Crippen molar-refractivity contribution in [1.29, 1.82) is 5.26 Å². The number of fused-ring (bicyclic) bond motifs is 1. The molecule has 0 aliphatic carbocycles.